The second kappa shape index (κ2) is 8.01. The highest BCUT2D eigenvalue weighted by Gasteiger charge is 2.32. The third kappa shape index (κ3) is 3.98. The minimum Gasteiger partial charge on any atom is -0.497 e. The fourth-order valence-corrected chi connectivity index (χ4v) is 3.41. The average Bonchev–Trinajstić information content (AvgIpc) is 3.05. The first-order chi connectivity index (χ1) is 14.0. The predicted octanol–water partition coefficient (Wildman–Crippen LogP) is 5.43. The normalized spacial score (nSPS) is 15.0. The van der Waals surface area contributed by atoms with E-state index >= 15 is 0 Å². The van der Waals surface area contributed by atoms with Crippen LogP contribution in [0.15, 0.2) is 88.0 Å². The number of halogens is 2. The summed E-state index contributed by atoms with van der Waals surface area (Å²) >= 11 is 3.44. The third-order valence-corrected chi connectivity index (χ3v) is 4.94. The first kappa shape index (κ1) is 19.1. The number of amidine groups is 1. The van der Waals surface area contributed by atoms with Crippen molar-refractivity contribution >= 4 is 39.4 Å². The number of benzene rings is 3. The standard InChI is InChI=1S/C23H16BrFN2O2/c1-29-20-11-5-15(6-12-20)13-21-23(28)27(19-4-2-3-17(24)14-19)22(26-21)16-7-9-18(25)10-8-16/h2-14H,1H3/b21-13+. The van der Waals surface area contributed by atoms with Crippen LogP contribution in [-0.2, 0) is 4.79 Å². The van der Waals surface area contributed by atoms with Gasteiger partial charge >= 0.3 is 0 Å². The van der Waals surface area contributed by atoms with Crippen molar-refractivity contribution in [1.82, 2.24) is 0 Å². The molecule has 0 saturated carbocycles. The van der Waals surface area contributed by atoms with Crippen LogP contribution in [0.2, 0.25) is 0 Å². The molecule has 29 heavy (non-hydrogen) atoms. The molecule has 0 aromatic heterocycles. The van der Waals surface area contributed by atoms with Gasteiger partial charge in [0.1, 0.15) is 23.1 Å². The number of amides is 1. The minimum absolute atomic E-state index is 0.252. The molecule has 1 heterocycles. The molecule has 144 valence electrons. The van der Waals surface area contributed by atoms with Crippen LogP contribution in [0.4, 0.5) is 10.1 Å². The molecule has 0 aliphatic carbocycles. The van der Waals surface area contributed by atoms with Crippen LogP contribution in [0.5, 0.6) is 5.75 Å². The molecule has 1 aliphatic heterocycles. The van der Waals surface area contributed by atoms with E-state index in [0.29, 0.717) is 22.8 Å². The first-order valence-electron chi connectivity index (χ1n) is 8.85. The monoisotopic (exact) mass is 450 g/mol. The summed E-state index contributed by atoms with van der Waals surface area (Å²) in [6, 6.07) is 20.7. The van der Waals surface area contributed by atoms with Gasteiger partial charge in [-0.25, -0.2) is 9.38 Å². The van der Waals surface area contributed by atoms with Crippen LogP contribution in [0.25, 0.3) is 6.08 Å². The van der Waals surface area contributed by atoms with Crippen molar-refractivity contribution in [2.75, 3.05) is 12.0 Å². The maximum absolute atomic E-state index is 13.4. The van der Waals surface area contributed by atoms with Gasteiger partial charge in [-0.3, -0.25) is 9.69 Å². The van der Waals surface area contributed by atoms with E-state index < -0.39 is 0 Å². The molecule has 0 spiro atoms. The van der Waals surface area contributed by atoms with E-state index in [1.54, 1.807) is 25.3 Å². The molecule has 3 aromatic rings. The lowest BCUT2D eigenvalue weighted by atomic mass is 10.1. The van der Waals surface area contributed by atoms with Crippen molar-refractivity contribution in [2.45, 2.75) is 0 Å². The number of rotatable bonds is 4. The molecule has 6 heteroatoms. The Labute approximate surface area is 176 Å². The number of anilines is 1. The van der Waals surface area contributed by atoms with E-state index in [9.17, 15) is 9.18 Å². The second-order valence-corrected chi connectivity index (χ2v) is 7.28. The van der Waals surface area contributed by atoms with Crippen molar-refractivity contribution < 1.29 is 13.9 Å². The molecule has 0 N–H and O–H groups in total. The number of hydrogen-bond acceptors (Lipinski definition) is 3. The lowest BCUT2D eigenvalue weighted by Gasteiger charge is -2.18. The van der Waals surface area contributed by atoms with Gasteiger partial charge in [-0.15, -0.1) is 0 Å². The summed E-state index contributed by atoms with van der Waals surface area (Å²) < 4.78 is 19.4. The van der Waals surface area contributed by atoms with E-state index in [1.807, 2.05) is 48.5 Å². The van der Waals surface area contributed by atoms with Gasteiger partial charge < -0.3 is 4.74 Å². The van der Waals surface area contributed by atoms with Crippen molar-refractivity contribution in [3.8, 4) is 5.75 Å². The zero-order chi connectivity index (χ0) is 20.4. The molecular formula is C23H16BrFN2O2. The number of aliphatic imine (C=N–C) groups is 1. The molecule has 1 amide bonds. The van der Waals surface area contributed by atoms with Gasteiger partial charge in [-0.2, -0.15) is 0 Å². The van der Waals surface area contributed by atoms with Crippen molar-refractivity contribution in [3.05, 3.63) is 99.9 Å². The smallest absolute Gasteiger partial charge is 0.282 e. The summed E-state index contributed by atoms with van der Waals surface area (Å²) in [7, 11) is 1.60. The molecule has 4 nitrogen and oxygen atoms in total. The summed E-state index contributed by atoms with van der Waals surface area (Å²) in [6.45, 7) is 0. The number of carbonyl (C=O) groups is 1. The number of ether oxygens (including phenoxy) is 1. The van der Waals surface area contributed by atoms with Gasteiger partial charge in [-0.1, -0.05) is 34.1 Å². The van der Waals surface area contributed by atoms with Gasteiger partial charge in [0.25, 0.3) is 5.91 Å². The molecule has 0 bridgehead atoms. The Morgan fingerprint density at radius 1 is 1.03 bits per heavy atom. The topological polar surface area (TPSA) is 41.9 Å². The molecule has 0 atom stereocenters. The maximum atomic E-state index is 13.4. The third-order valence-electron chi connectivity index (χ3n) is 4.45. The highest BCUT2D eigenvalue weighted by atomic mass is 79.9. The quantitative estimate of drug-likeness (QED) is 0.497. The van der Waals surface area contributed by atoms with Crippen LogP contribution in [0, 0.1) is 5.82 Å². The van der Waals surface area contributed by atoms with Crippen LogP contribution < -0.4 is 9.64 Å². The van der Waals surface area contributed by atoms with Crippen LogP contribution in [0.1, 0.15) is 11.1 Å². The zero-order valence-corrected chi connectivity index (χ0v) is 17.1. The molecule has 0 saturated heterocycles. The van der Waals surface area contributed by atoms with E-state index in [-0.39, 0.29) is 11.7 Å². The van der Waals surface area contributed by atoms with Gasteiger partial charge in [0.15, 0.2) is 0 Å². The lowest BCUT2D eigenvalue weighted by Crippen LogP contribution is -2.32. The summed E-state index contributed by atoms with van der Waals surface area (Å²) in [4.78, 5) is 19.3. The second-order valence-electron chi connectivity index (χ2n) is 6.37. The van der Waals surface area contributed by atoms with E-state index in [2.05, 4.69) is 20.9 Å². The van der Waals surface area contributed by atoms with E-state index in [4.69, 9.17) is 4.74 Å². The molecule has 0 radical (unpaired) electrons. The summed E-state index contributed by atoms with van der Waals surface area (Å²) in [5.41, 5.74) is 2.45. The summed E-state index contributed by atoms with van der Waals surface area (Å²) in [6.07, 6.45) is 1.73. The molecule has 4 rings (SSSR count). The molecule has 1 aliphatic rings. The summed E-state index contributed by atoms with van der Waals surface area (Å²) in [5, 5.41) is 0. The Kier molecular flexibility index (Phi) is 5.27. The Morgan fingerprint density at radius 2 is 1.76 bits per heavy atom. The fraction of sp³-hybridized carbons (Fsp3) is 0.0435. The van der Waals surface area contributed by atoms with Crippen LogP contribution >= 0.6 is 15.9 Å². The molecule has 3 aromatic carbocycles. The predicted molar refractivity (Wildman–Crippen MR) is 116 cm³/mol. The zero-order valence-electron chi connectivity index (χ0n) is 15.5. The van der Waals surface area contributed by atoms with Crippen molar-refractivity contribution in [3.63, 3.8) is 0 Å². The number of methoxy groups -OCH3 is 1. The van der Waals surface area contributed by atoms with Gasteiger partial charge in [0.2, 0.25) is 0 Å². The SMILES string of the molecule is COc1ccc(/C=C2/N=C(c3ccc(F)cc3)N(c3cccc(Br)c3)C2=O)cc1. The lowest BCUT2D eigenvalue weighted by molar-refractivity contribution is -0.113. The number of carbonyl (C=O) groups excluding carboxylic acids is 1. The largest absolute Gasteiger partial charge is 0.497 e. The fourth-order valence-electron chi connectivity index (χ4n) is 3.02. The maximum Gasteiger partial charge on any atom is 0.282 e. The van der Waals surface area contributed by atoms with Gasteiger partial charge in [-0.05, 0) is 66.2 Å². The number of nitrogens with zero attached hydrogens (tertiary/aromatic N) is 2. The van der Waals surface area contributed by atoms with E-state index in [1.165, 1.54) is 17.0 Å². The molecule has 0 fully saturated rings. The van der Waals surface area contributed by atoms with Gasteiger partial charge in [0.05, 0.1) is 12.8 Å². The van der Waals surface area contributed by atoms with Crippen molar-refractivity contribution in [1.29, 1.82) is 0 Å². The highest BCUT2D eigenvalue weighted by molar-refractivity contribution is 9.10. The molecule has 0 unspecified atom stereocenters. The Balaban J connectivity index is 1.80. The summed E-state index contributed by atoms with van der Waals surface area (Å²) in [5.74, 6) is 0.587. The van der Waals surface area contributed by atoms with Gasteiger partial charge in [0, 0.05) is 10.0 Å². The Bertz CT molecular complexity index is 1120. The molecular weight excluding hydrogens is 435 g/mol. The van der Waals surface area contributed by atoms with E-state index in [0.717, 1.165) is 15.8 Å². The number of hydrogen-bond donors (Lipinski definition) is 0. The average molecular weight is 451 g/mol. The minimum atomic E-state index is -0.346. The van der Waals surface area contributed by atoms with Crippen LogP contribution in [-0.4, -0.2) is 18.9 Å². The Morgan fingerprint density at radius 3 is 2.41 bits per heavy atom. The Hall–Kier alpha value is -3.25. The van der Waals surface area contributed by atoms with Crippen molar-refractivity contribution in [2.24, 2.45) is 4.99 Å². The van der Waals surface area contributed by atoms with Crippen LogP contribution in [0.3, 0.4) is 0 Å². The highest BCUT2D eigenvalue weighted by Crippen LogP contribution is 2.30. The first-order valence-corrected chi connectivity index (χ1v) is 9.65.